The van der Waals surface area contributed by atoms with Gasteiger partial charge in [-0.25, -0.2) is 9.18 Å². The Labute approximate surface area is 124 Å². The number of rotatable bonds is 2. The number of esters is 1. The van der Waals surface area contributed by atoms with Gasteiger partial charge in [-0.2, -0.15) is 0 Å². The highest BCUT2D eigenvalue weighted by Gasteiger charge is 2.31. The fourth-order valence-corrected chi connectivity index (χ4v) is 2.73. The molecule has 1 unspecified atom stereocenters. The van der Waals surface area contributed by atoms with Crippen LogP contribution in [0.3, 0.4) is 0 Å². The molecule has 2 aromatic carbocycles. The summed E-state index contributed by atoms with van der Waals surface area (Å²) < 4.78 is 19.8. The maximum atomic E-state index is 13.6. The first-order valence-electron chi connectivity index (χ1n) is 6.30. The summed E-state index contributed by atoms with van der Waals surface area (Å²) in [5, 5.41) is 0. The summed E-state index contributed by atoms with van der Waals surface area (Å²) in [6.45, 7) is 1.72. The molecule has 3 rings (SSSR count). The summed E-state index contributed by atoms with van der Waals surface area (Å²) in [6.07, 6.45) is 0.144. The summed E-state index contributed by atoms with van der Waals surface area (Å²) in [5.41, 5.74) is 2.87. The Hall–Kier alpha value is -1.68. The van der Waals surface area contributed by atoms with Gasteiger partial charge < -0.3 is 4.74 Å². The van der Waals surface area contributed by atoms with E-state index in [2.05, 4.69) is 15.9 Å². The van der Waals surface area contributed by atoms with Gasteiger partial charge in [0.2, 0.25) is 0 Å². The van der Waals surface area contributed by atoms with E-state index in [1.807, 2.05) is 18.2 Å². The van der Waals surface area contributed by atoms with E-state index in [-0.39, 0.29) is 17.9 Å². The van der Waals surface area contributed by atoms with Crippen LogP contribution >= 0.6 is 15.9 Å². The highest BCUT2D eigenvalue weighted by atomic mass is 79.9. The van der Waals surface area contributed by atoms with Crippen LogP contribution < -0.4 is 0 Å². The van der Waals surface area contributed by atoms with Gasteiger partial charge in [0.25, 0.3) is 0 Å². The van der Waals surface area contributed by atoms with Gasteiger partial charge in [0.1, 0.15) is 11.9 Å². The molecule has 0 bridgehead atoms. The van der Waals surface area contributed by atoms with Gasteiger partial charge in [-0.05, 0) is 36.2 Å². The van der Waals surface area contributed by atoms with Crippen molar-refractivity contribution >= 4 is 21.9 Å². The Morgan fingerprint density at radius 1 is 1.25 bits per heavy atom. The molecule has 1 aliphatic rings. The maximum absolute atomic E-state index is 13.6. The second-order valence-electron chi connectivity index (χ2n) is 4.91. The number of carbonyl (C=O) groups is 1. The largest absolute Gasteiger partial charge is 0.454 e. The SMILES string of the molecule is Cc1ccc(CC2OC(=O)c3cc(Br)ccc32)cc1F. The topological polar surface area (TPSA) is 26.3 Å². The monoisotopic (exact) mass is 334 g/mol. The molecule has 0 fully saturated rings. The standard InChI is InChI=1S/C16H12BrFO2/c1-9-2-3-10(6-14(9)18)7-15-12-5-4-11(17)8-13(12)16(19)20-15/h2-6,8,15H,7H2,1H3. The average Bonchev–Trinajstić information content (AvgIpc) is 2.70. The zero-order chi connectivity index (χ0) is 14.3. The molecule has 20 heavy (non-hydrogen) atoms. The van der Waals surface area contributed by atoms with Crippen LogP contribution in [0, 0.1) is 12.7 Å². The van der Waals surface area contributed by atoms with E-state index in [0.29, 0.717) is 17.5 Å². The number of cyclic esters (lactones) is 1. The van der Waals surface area contributed by atoms with Crippen molar-refractivity contribution in [3.63, 3.8) is 0 Å². The molecule has 0 spiro atoms. The highest BCUT2D eigenvalue weighted by molar-refractivity contribution is 9.10. The average molecular weight is 335 g/mol. The molecule has 102 valence electrons. The van der Waals surface area contributed by atoms with Crippen LogP contribution in [0.5, 0.6) is 0 Å². The van der Waals surface area contributed by atoms with E-state index in [1.54, 1.807) is 19.1 Å². The van der Waals surface area contributed by atoms with Gasteiger partial charge in [0, 0.05) is 16.5 Å². The minimum atomic E-state index is -0.340. The Morgan fingerprint density at radius 3 is 2.80 bits per heavy atom. The van der Waals surface area contributed by atoms with Crippen LogP contribution in [0.4, 0.5) is 4.39 Å². The Kier molecular flexibility index (Phi) is 3.34. The van der Waals surface area contributed by atoms with Gasteiger partial charge in [0.05, 0.1) is 5.56 Å². The third-order valence-corrected chi connectivity index (χ3v) is 3.98. The molecule has 0 saturated heterocycles. The first kappa shape index (κ1) is 13.3. The van der Waals surface area contributed by atoms with Crippen molar-refractivity contribution in [3.05, 3.63) is 68.9 Å². The van der Waals surface area contributed by atoms with E-state index in [0.717, 1.165) is 15.6 Å². The molecule has 0 radical (unpaired) electrons. The second kappa shape index (κ2) is 5.02. The molecule has 1 heterocycles. The Morgan fingerprint density at radius 2 is 2.05 bits per heavy atom. The van der Waals surface area contributed by atoms with Crippen LogP contribution in [-0.4, -0.2) is 5.97 Å². The molecule has 2 nitrogen and oxygen atoms in total. The third kappa shape index (κ3) is 2.36. The quantitative estimate of drug-likeness (QED) is 0.763. The molecule has 1 aliphatic heterocycles. The molecule has 1 atom stereocenters. The zero-order valence-corrected chi connectivity index (χ0v) is 12.4. The predicted molar refractivity (Wildman–Crippen MR) is 77.1 cm³/mol. The predicted octanol–water partition coefficient (Wildman–Crippen LogP) is 4.35. The molecular formula is C16H12BrFO2. The maximum Gasteiger partial charge on any atom is 0.339 e. The number of hydrogen-bond donors (Lipinski definition) is 0. The van der Waals surface area contributed by atoms with Gasteiger partial charge in [-0.15, -0.1) is 0 Å². The van der Waals surface area contributed by atoms with Crippen molar-refractivity contribution in [1.29, 1.82) is 0 Å². The van der Waals surface area contributed by atoms with Crippen LogP contribution in [0.1, 0.15) is 33.2 Å². The molecule has 0 N–H and O–H groups in total. The third-order valence-electron chi connectivity index (χ3n) is 3.49. The molecule has 0 aromatic heterocycles. The number of ether oxygens (including phenoxy) is 1. The summed E-state index contributed by atoms with van der Waals surface area (Å²) in [7, 11) is 0. The van der Waals surface area contributed by atoms with Crippen molar-refractivity contribution in [1.82, 2.24) is 0 Å². The number of benzene rings is 2. The fourth-order valence-electron chi connectivity index (χ4n) is 2.37. The van der Waals surface area contributed by atoms with Crippen molar-refractivity contribution in [2.45, 2.75) is 19.4 Å². The number of fused-ring (bicyclic) bond motifs is 1. The molecule has 0 amide bonds. The van der Waals surface area contributed by atoms with Crippen LogP contribution in [0.15, 0.2) is 40.9 Å². The van der Waals surface area contributed by atoms with Crippen LogP contribution in [0.25, 0.3) is 0 Å². The van der Waals surface area contributed by atoms with Gasteiger partial charge in [-0.3, -0.25) is 0 Å². The molecule has 0 aliphatic carbocycles. The number of hydrogen-bond acceptors (Lipinski definition) is 2. The number of carbonyl (C=O) groups excluding carboxylic acids is 1. The lowest BCUT2D eigenvalue weighted by Gasteiger charge is -2.11. The molecule has 2 aromatic rings. The van der Waals surface area contributed by atoms with Crippen molar-refractivity contribution < 1.29 is 13.9 Å². The van der Waals surface area contributed by atoms with E-state index >= 15 is 0 Å². The number of aryl methyl sites for hydroxylation is 1. The highest BCUT2D eigenvalue weighted by Crippen LogP contribution is 2.34. The van der Waals surface area contributed by atoms with Gasteiger partial charge >= 0.3 is 5.97 Å². The Balaban J connectivity index is 1.90. The fraction of sp³-hybridized carbons (Fsp3) is 0.188. The first-order valence-corrected chi connectivity index (χ1v) is 7.09. The van der Waals surface area contributed by atoms with Gasteiger partial charge in [0.15, 0.2) is 0 Å². The zero-order valence-electron chi connectivity index (χ0n) is 10.8. The molecule has 4 heteroatoms. The van der Waals surface area contributed by atoms with Crippen molar-refractivity contribution in [2.24, 2.45) is 0 Å². The second-order valence-corrected chi connectivity index (χ2v) is 5.83. The smallest absolute Gasteiger partial charge is 0.339 e. The number of halogens is 2. The minimum Gasteiger partial charge on any atom is -0.454 e. The Bertz CT molecular complexity index is 697. The van der Waals surface area contributed by atoms with E-state index in [1.165, 1.54) is 6.07 Å². The summed E-state index contributed by atoms with van der Waals surface area (Å²) in [4.78, 5) is 11.8. The van der Waals surface area contributed by atoms with E-state index in [4.69, 9.17) is 4.74 Å². The van der Waals surface area contributed by atoms with E-state index in [9.17, 15) is 9.18 Å². The first-order chi connectivity index (χ1) is 9.54. The summed E-state index contributed by atoms with van der Waals surface area (Å²) >= 11 is 3.34. The van der Waals surface area contributed by atoms with Crippen molar-refractivity contribution in [3.8, 4) is 0 Å². The lowest BCUT2D eigenvalue weighted by molar-refractivity contribution is 0.0387. The van der Waals surface area contributed by atoms with Crippen LogP contribution in [-0.2, 0) is 11.2 Å². The molecule has 0 saturated carbocycles. The van der Waals surface area contributed by atoms with E-state index < -0.39 is 0 Å². The lowest BCUT2D eigenvalue weighted by Crippen LogP contribution is -2.03. The van der Waals surface area contributed by atoms with Crippen molar-refractivity contribution in [2.75, 3.05) is 0 Å². The van der Waals surface area contributed by atoms with Crippen LogP contribution in [0.2, 0.25) is 0 Å². The van der Waals surface area contributed by atoms with Gasteiger partial charge in [-0.1, -0.05) is 34.1 Å². The minimum absolute atomic E-state index is 0.233. The summed E-state index contributed by atoms with van der Waals surface area (Å²) in [6, 6.07) is 10.6. The lowest BCUT2D eigenvalue weighted by atomic mass is 9.99. The normalized spacial score (nSPS) is 16.9. The summed E-state index contributed by atoms with van der Waals surface area (Å²) in [5.74, 6) is -0.554. The molecular weight excluding hydrogens is 323 g/mol.